The molecule has 0 radical (unpaired) electrons. The summed E-state index contributed by atoms with van der Waals surface area (Å²) in [5, 5.41) is 11.5. The Morgan fingerprint density at radius 3 is 2.43 bits per heavy atom. The average Bonchev–Trinajstić information content (AvgIpc) is 3.28. The smallest absolute Gasteiger partial charge is 0.338 e. The molecule has 0 atom stereocenters. The van der Waals surface area contributed by atoms with E-state index in [-0.39, 0.29) is 11.3 Å². The zero-order valence-electron chi connectivity index (χ0n) is 16.5. The van der Waals surface area contributed by atoms with Gasteiger partial charge < -0.3 is 14.5 Å². The van der Waals surface area contributed by atoms with Crippen molar-refractivity contribution in [1.82, 2.24) is 0 Å². The van der Waals surface area contributed by atoms with Crippen LogP contribution >= 0.6 is 0 Å². The molecule has 30 heavy (non-hydrogen) atoms. The number of benzene rings is 2. The van der Waals surface area contributed by atoms with Crippen molar-refractivity contribution in [3.8, 4) is 0 Å². The van der Waals surface area contributed by atoms with E-state index in [1.807, 2.05) is 4.90 Å². The van der Waals surface area contributed by atoms with E-state index in [2.05, 4.69) is 0 Å². The maximum atomic E-state index is 13.1. The van der Waals surface area contributed by atoms with Crippen LogP contribution in [0.3, 0.4) is 0 Å². The van der Waals surface area contributed by atoms with E-state index in [4.69, 9.17) is 4.74 Å². The average molecular weight is 415 g/mol. The number of hydrogen-bond donors (Lipinski definition) is 0. The van der Waals surface area contributed by atoms with Gasteiger partial charge in [0, 0.05) is 31.4 Å². The standard InChI is InChI=1S/C21H22FN3O5/c1-2-24(17-8-6-16(22)7-9-17)20(26)14-30-21(27)15-5-10-18(19(13-15)25(28)29)23-11-3-4-12-23/h5-10,13H,2-4,11-12,14H2,1H3. The summed E-state index contributed by atoms with van der Waals surface area (Å²) in [6, 6.07) is 9.57. The molecular weight excluding hydrogens is 393 g/mol. The van der Waals surface area contributed by atoms with Gasteiger partial charge in [-0.3, -0.25) is 14.9 Å². The lowest BCUT2D eigenvalue weighted by Crippen LogP contribution is -2.34. The van der Waals surface area contributed by atoms with Crippen LogP contribution < -0.4 is 9.80 Å². The first-order valence-corrected chi connectivity index (χ1v) is 9.67. The van der Waals surface area contributed by atoms with Gasteiger partial charge in [0.2, 0.25) is 0 Å². The summed E-state index contributed by atoms with van der Waals surface area (Å²) in [4.78, 5) is 39.0. The Morgan fingerprint density at radius 1 is 1.17 bits per heavy atom. The lowest BCUT2D eigenvalue weighted by Gasteiger charge is -2.21. The van der Waals surface area contributed by atoms with Crippen molar-refractivity contribution in [2.24, 2.45) is 0 Å². The Kier molecular flexibility index (Phi) is 6.61. The number of nitro groups is 1. The van der Waals surface area contributed by atoms with Gasteiger partial charge in [-0.15, -0.1) is 0 Å². The Balaban J connectivity index is 1.69. The van der Waals surface area contributed by atoms with Crippen molar-refractivity contribution in [3.63, 3.8) is 0 Å². The van der Waals surface area contributed by atoms with Crippen molar-refractivity contribution in [1.29, 1.82) is 0 Å². The van der Waals surface area contributed by atoms with Crippen LogP contribution in [0.25, 0.3) is 0 Å². The third kappa shape index (κ3) is 4.73. The van der Waals surface area contributed by atoms with Gasteiger partial charge in [0.05, 0.1) is 10.5 Å². The molecule has 0 aromatic heterocycles. The molecule has 0 N–H and O–H groups in total. The Labute approximate surface area is 173 Å². The largest absolute Gasteiger partial charge is 0.452 e. The Morgan fingerprint density at radius 2 is 1.83 bits per heavy atom. The van der Waals surface area contributed by atoms with Gasteiger partial charge in [-0.2, -0.15) is 0 Å². The van der Waals surface area contributed by atoms with Crippen molar-refractivity contribution >= 4 is 28.9 Å². The number of carbonyl (C=O) groups excluding carboxylic acids is 2. The van der Waals surface area contributed by atoms with Crippen LogP contribution in [0.5, 0.6) is 0 Å². The molecule has 0 saturated carbocycles. The highest BCUT2D eigenvalue weighted by Crippen LogP contribution is 2.31. The highest BCUT2D eigenvalue weighted by atomic mass is 19.1. The first kappa shape index (κ1) is 21.2. The van der Waals surface area contributed by atoms with Gasteiger partial charge in [-0.05, 0) is 56.2 Å². The molecule has 1 amide bonds. The fourth-order valence-electron chi connectivity index (χ4n) is 3.43. The van der Waals surface area contributed by atoms with Crippen LogP contribution in [-0.2, 0) is 9.53 Å². The zero-order chi connectivity index (χ0) is 21.7. The second-order valence-corrected chi connectivity index (χ2v) is 6.85. The molecule has 1 aliphatic heterocycles. The third-order valence-electron chi connectivity index (χ3n) is 4.94. The molecule has 0 spiro atoms. The number of carbonyl (C=O) groups is 2. The molecule has 2 aromatic rings. The minimum absolute atomic E-state index is 0.00211. The fraction of sp³-hybridized carbons (Fsp3) is 0.333. The van der Waals surface area contributed by atoms with Crippen molar-refractivity contribution in [3.05, 3.63) is 64.0 Å². The van der Waals surface area contributed by atoms with E-state index in [0.29, 0.717) is 17.9 Å². The number of likely N-dealkylation sites (N-methyl/N-ethyl adjacent to an activating group) is 1. The number of hydrogen-bond acceptors (Lipinski definition) is 6. The summed E-state index contributed by atoms with van der Waals surface area (Å²) in [6.07, 6.45) is 1.93. The summed E-state index contributed by atoms with van der Waals surface area (Å²) in [7, 11) is 0. The van der Waals surface area contributed by atoms with Gasteiger partial charge in [0.1, 0.15) is 11.5 Å². The molecule has 1 saturated heterocycles. The highest BCUT2D eigenvalue weighted by Gasteiger charge is 2.25. The molecule has 1 fully saturated rings. The van der Waals surface area contributed by atoms with Gasteiger partial charge in [0.25, 0.3) is 11.6 Å². The molecule has 0 bridgehead atoms. The molecule has 2 aromatic carbocycles. The van der Waals surface area contributed by atoms with E-state index >= 15 is 0 Å². The number of esters is 1. The molecule has 1 aliphatic rings. The van der Waals surface area contributed by atoms with Crippen LogP contribution in [0.15, 0.2) is 42.5 Å². The number of ether oxygens (including phenoxy) is 1. The molecule has 3 rings (SSSR count). The highest BCUT2D eigenvalue weighted by molar-refractivity contribution is 5.97. The minimum Gasteiger partial charge on any atom is -0.452 e. The monoisotopic (exact) mass is 415 g/mol. The van der Waals surface area contributed by atoms with E-state index in [1.54, 1.807) is 13.0 Å². The number of rotatable bonds is 7. The third-order valence-corrected chi connectivity index (χ3v) is 4.94. The second-order valence-electron chi connectivity index (χ2n) is 6.85. The van der Waals surface area contributed by atoms with Gasteiger partial charge in [0.15, 0.2) is 6.61 Å². The lowest BCUT2D eigenvalue weighted by atomic mass is 10.1. The summed E-state index contributed by atoms with van der Waals surface area (Å²) >= 11 is 0. The van der Waals surface area contributed by atoms with Crippen LogP contribution in [0.4, 0.5) is 21.5 Å². The van der Waals surface area contributed by atoms with Gasteiger partial charge in [-0.1, -0.05) is 0 Å². The quantitative estimate of drug-likeness (QED) is 0.390. The fourth-order valence-corrected chi connectivity index (χ4v) is 3.43. The number of nitro benzene ring substituents is 1. The Bertz CT molecular complexity index is 942. The van der Waals surface area contributed by atoms with E-state index in [0.717, 1.165) is 25.9 Å². The summed E-state index contributed by atoms with van der Waals surface area (Å²) in [5.41, 5.74) is 0.783. The van der Waals surface area contributed by atoms with Crippen molar-refractivity contribution < 1.29 is 23.6 Å². The number of halogens is 1. The van der Waals surface area contributed by atoms with Crippen LogP contribution in [0, 0.1) is 15.9 Å². The molecule has 1 heterocycles. The first-order chi connectivity index (χ1) is 14.4. The Hall–Kier alpha value is -3.49. The SMILES string of the molecule is CCN(C(=O)COC(=O)c1ccc(N2CCCC2)c([N+](=O)[O-])c1)c1ccc(F)cc1. The van der Waals surface area contributed by atoms with E-state index in [9.17, 15) is 24.1 Å². The first-order valence-electron chi connectivity index (χ1n) is 9.67. The molecular formula is C21H22FN3O5. The van der Waals surface area contributed by atoms with Gasteiger partial charge >= 0.3 is 5.97 Å². The summed E-state index contributed by atoms with van der Waals surface area (Å²) in [5.74, 6) is -1.73. The number of amides is 1. The molecule has 158 valence electrons. The maximum Gasteiger partial charge on any atom is 0.338 e. The van der Waals surface area contributed by atoms with Crippen LogP contribution in [-0.4, -0.2) is 43.0 Å². The zero-order valence-corrected chi connectivity index (χ0v) is 16.5. The maximum absolute atomic E-state index is 13.1. The normalized spacial score (nSPS) is 13.2. The van der Waals surface area contributed by atoms with Crippen LogP contribution in [0.2, 0.25) is 0 Å². The second kappa shape index (κ2) is 9.34. The lowest BCUT2D eigenvalue weighted by molar-refractivity contribution is -0.384. The molecule has 0 aliphatic carbocycles. The summed E-state index contributed by atoms with van der Waals surface area (Å²) < 4.78 is 18.2. The van der Waals surface area contributed by atoms with Crippen LogP contribution in [0.1, 0.15) is 30.1 Å². The summed E-state index contributed by atoms with van der Waals surface area (Å²) in [6.45, 7) is 2.97. The molecule has 9 heteroatoms. The van der Waals surface area contributed by atoms with Crippen molar-refractivity contribution in [2.75, 3.05) is 36.0 Å². The minimum atomic E-state index is -0.824. The van der Waals surface area contributed by atoms with Gasteiger partial charge in [-0.25, -0.2) is 9.18 Å². The predicted octanol–water partition coefficient (Wildman–Crippen LogP) is 3.54. The molecule has 0 unspecified atom stereocenters. The predicted molar refractivity (Wildman–Crippen MR) is 109 cm³/mol. The van der Waals surface area contributed by atoms with Crippen molar-refractivity contribution in [2.45, 2.75) is 19.8 Å². The number of nitrogens with zero attached hydrogens (tertiary/aromatic N) is 3. The molecule has 8 nitrogen and oxygen atoms in total. The topological polar surface area (TPSA) is 93.0 Å². The number of anilines is 2. The van der Waals surface area contributed by atoms with E-state index in [1.165, 1.54) is 41.3 Å². The van der Waals surface area contributed by atoms with E-state index < -0.39 is 29.2 Å².